The maximum atomic E-state index is 6.41. The lowest BCUT2D eigenvalue weighted by molar-refractivity contribution is 0.486. The summed E-state index contributed by atoms with van der Waals surface area (Å²) in [7, 11) is -2.49. The monoisotopic (exact) mass is 506 g/mol. The van der Waals surface area contributed by atoms with E-state index < -0.39 is 8.07 Å². The highest BCUT2D eigenvalue weighted by molar-refractivity contribution is 9.10. The van der Waals surface area contributed by atoms with E-state index in [1.54, 1.807) is 0 Å². The molecule has 4 aromatic carbocycles. The number of ether oxygens (including phenoxy) is 1. The molecule has 0 N–H and O–H groups in total. The van der Waals surface area contributed by atoms with E-state index in [9.17, 15) is 0 Å². The quantitative estimate of drug-likeness (QED) is 0.315. The van der Waals surface area contributed by atoms with Crippen LogP contribution in [0.2, 0.25) is 0 Å². The van der Waals surface area contributed by atoms with Crippen molar-refractivity contribution in [1.82, 2.24) is 0 Å². The van der Waals surface area contributed by atoms with Crippen LogP contribution in [-0.2, 0) is 0 Å². The molecule has 0 radical (unpaired) electrons. The minimum atomic E-state index is -2.49. The second-order valence-electron chi connectivity index (χ2n) is 6.87. The number of halogens is 2. The molecule has 0 spiro atoms. The molecule has 1 nitrogen and oxygen atoms in total. The molecule has 28 heavy (non-hydrogen) atoms. The van der Waals surface area contributed by atoms with E-state index in [-0.39, 0.29) is 0 Å². The second-order valence-corrected chi connectivity index (χ2v) is 12.4. The molecule has 0 aromatic heterocycles. The van der Waals surface area contributed by atoms with E-state index >= 15 is 0 Å². The van der Waals surface area contributed by atoms with Gasteiger partial charge in [-0.05, 0) is 45.0 Å². The Balaban J connectivity index is 1.97. The lowest BCUT2D eigenvalue weighted by Gasteiger charge is -2.39. The zero-order valence-electron chi connectivity index (χ0n) is 14.9. The molecule has 0 saturated carbocycles. The van der Waals surface area contributed by atoms with Gasteiger partial charge in [-0.25, -0.2) is 0 Å². The fourth-order valence-electron chi connectivity index (χ4n) is 4.21. The molecular formula is C24H16Br2OSi. The van der Waals surface area contributed by atoms with Crippen LogP contribution >= 0.6 is 31.9 Å². The summed E-state index contributed by atoms with van der Waals surface area (Å²) in [5.41, 5.74) is 0. The molecule has 5 rings (SSSR count). The Bertz CT molecular complexity index is 1070. The van der Waals surface area contributed by atoms with Gasteiger partial charge in [-0.3, -0.25) is 0 Å². The van der Waals surface area contributed by atoms with Crippen molar-refractivity contribution >= 4 is 60.7 Å². The third-order valence-corrected chi connectivity index (χ3v) is 11.2. The summed E-state index contributed by atoms with van der Waals surface area (Å²) in [6.45, 7) is 0. The molecule has 0 bridgehead atoms. The summed E-state index contributed by atoms with van der Waals surface area (Å²) in [4.78, 5) is 0. The zero-order valence-corrected chi connectivity index (χ0v) is 19.1. The number of hydrogen-bond donors (Lipinski definition) is 0. The molecule has 1 heterocycles. The first-order chi connectivity index (χ1) is 13.7. The molecule has 0 saturated heterocycles. The summed E-state index contributed by atoms with van der Waals surface area (Å²) in [6, 6.07) is 34.7. The summed E-state index contributed by atoms with van der Waals surface area (Å²) in [5, 5.41) is 5.28. The fourth-order valence-corrected chi connectivity index (χ4v) is 9.79. The zero-order chi connectivity index (χ0) is 19.1. The van der Waals surface area contributed by atoms with Crippen LogP contribution in [0.15, 0.2) is 106 Å². The van der Waals surface area contributed by atoms with Crippen LogP contribution in [-0.4, -0.2) is 8.07 Å². The van der Waals surface area contributed by atoms with Gasteiger partial charge < -0.3 is 4.74 Å². The van der Waals surface area contributed by atoms with Crippen molar-refractivity contribution in [3.63, 3.8) is 0 Å². The van der Waals surface area contributed by atoms with Crippen molar-refractivity contribution in [2.24, 2.45) is 0 Å². The van der Waals surface area contributed by atoms with Gasteiger partial charge in [0, 0.05) is 8.95 Å². The number of benzene rings is 4. The minimum Gasteiger partial charge on any atom is -0.457 e. The topological polar surface area (TPSA) is 9.23 Å². The van der Waals surface area contributed by atoms with Crippen molar-refractivity contribution in [2.75, 3.05) is 0 Å². The average molecular weight is 508 g/mol. The van der Waals surface area contributed by atoms with Crippen molar-refractivity contribution in [1.29, 1.82) is 0 Å². The largest absolute Gasteiger partial charge is 0.457 e. The van der Waals surface area contributed by atoms with Gasteiger partial charge >= 0.3 is 0 Å². The lowest BCUT2D eigenvalue weighted by Crippen LogP contribution is -2.76. The van der Waals surface area contributed by atoms with Crippen LogP contribution in [0.1, 0.15) is 0 Å². The highest BCUT2D eigenvalue weighted by atomic mass is 79.9. The molecular weight excluding hydrogens is 492 g/mol. The van der Waals surface area contributed by atoms with Gasteiger partial charge in [0.15, 0.2) is 8.07 Å². The predicted octanol–water partition coefficient (Wildman–Crippen LogP) is 4.69. The van der Waals surface area contributed by atoms with E-state index in [0.29, 0.717) is 0 Å². The van der Waals surface area contributed by atoms with Gasteiger partial charge in [0.05, 0.1) is 0 Å². The molecule has 0 aliphatic carbocycles. The lowest BCUT2D eigenvalue weighted by atomic mass is 10.3. The Labute approximate surface area is 182 Å². The van der Waals surface area contributed by atoms with E-state index in [0.717, 1.165) is 20.4 Å². The van der Waals surface area contributed by atoms with Crippen LogP contribution in [0.3, 0.4) is 0 Å². The first kappa shape index (κ1) is 17.9. The highest BCUT2D eigenvalue weighted by Gasteiger charge is 2.47. The minimum absolute atomic E-state index is 0.930. The van der Waals surface area contributed by atoms with Crippen molar-refractivity contribution in [2.45, 2.75) is 0 Å². The molecule has 4 heteroatoms. The Morgan fingerprint density at radius 2 is 0.964 bits per heavy atom. The Morgan fingerprint density at radius 1 is 0.536 bits per heavy atom. The number of hydrogen-bond acceptors (Lipinski definition) is 1. The summed E-state index contributed by atoms with van der Waals surface area (Å²) < 4.78 is 8.46. The molecule has 0 atom stereocenters. The standard InChI is InChI=1S/C24H16Br2OSi/c25-17-11-13-23-21(15-17)27-22-16-18(26)12-14-24(22)28(23,19-7-3-1-4-8-19)20-9-5-2-6-10-20/h1-16H. The van der Waals surface area contributed by atoms with Crippen LogP contribution in [0.25, 0.3) is 0 Å². The molecule has 0 unspecified atom stereocenters. The second kappa shape index (κ2) is 7.03. The van der Waals surface area contributed by atoms with Crippen LogP contribution in [0.4, 0.5) is 0 Å². The first-order valence-corrected chi connectivity index (χ1v) is 12.7. The Morgan fingerprint density at radius 3 is 1.39 bits per heavy atom. The van der Waals surface area contributed by atoms with Gasteiger partial charge in [0.25, 0.3) is 0 Å². The maximum Gasteiger partial charge on any atom is 0.188 e. The van der Waals surface area contributed by atoms with E-state index in [1.165, 1.54) is 20.7 Å². The highest BCUT2D eigenvalue weighted by Crippen LogP contribution is 2.32. The van der Waals surface area contributed by atoms with E-state index in [2.05, 4.69) is 129 Å². The molecule has 1 aliphatic rings. The van der Waals surface area contributed by atoms with Gasteiger partial charge in [0.2, 0.25) is 0 Å². The summed E-state index contributed by atoms with van der Waals surface area (Å²) in [6.07, 6.45) is 0. The SMILES string of the molecule is Brc1ccc2c(c1)Oc1cc(Br)ccc1[Si]2(c1ccccc1)c1ccccc1. The van der Waals surface area contributed by atoms with Gasteiger partial charge in [-0.1, -0.05) is 105 Å². The van der Waals surface area contributed by atoms with Crippen molar-refractivity contribution < 1.29 is 4.74 Å². The molecule has 1 aliphatic heterocycles. The third kappa shape index (κ3) is 2.71. The maximum absolute atomic E-state index is 6.41. The molecule has 0 fully saturated rings. The molecule has 136 valence electrons. The van der Waals surface area contributed by atoms with Crippen LogP contribution < -0.4 is 25.5 Å². The summed E-state index contributed by atoms with van der Waals surface area (Å²) in [5.74, 6) is 1.86. The predicted molar refractivity (Wildman–Crippen MR) is 126 cm³/mol. The van der Waals surface area contributed by atoms with E-state index in [4.69, 9.17) is 4.74 Å². The average Bonchev–Trinajstić information content (AvgIpc) is 2.73. The Hall–Kier alpha value is -2.14. The van der Waals surface area contributed by atoms with Crippen LogP contribution in [0, 0.1) is 0 Å². The van der Waals surface area contributed by atoms with Gasteiger partial charge in [0.1, 0.15) is 11.5 Å². The van der Waals surface area contributed by atoms with Gasteiger partial charge in [-0.2, -0.15) is 0 Å². The Kier molecular flexibility index (Phi) is 4.50. The third-order valence-electron chi connectivity index (χ3n) is 5.33. The molecule has 4 aromatic rings. The van der Waals surface area contributed by atoms with Crippen molar-refractivity contribution in [3.8, 4) is 11.5 Å². The first-order valence-electron chi connectivity index (χ1n) is 9.08. The van der Waals surface area contributed by atoms with Crippen molar-refractivity contribution in [3.05, 3.63) is 106 Å². The summed E-state index contributed by atoms with van der Waals surface area (Å²) >= 11 is 7.24. The smallest absolute Gasteiger partial charge is 0.188 e. The van der Waals surface area contributed by atoms with E-state index in [1.807, 2.05) is 0 Å². The fraction of sp³-hybridized carbons (Fsp3) is 0. The van der Waals surface area contributed by atoms with Gasteiger partial charge in [-0.15, -0.1) is 0 Å². The normalized spacial score (nSPS) is 13.9. The number of fused-ring (bicyclic) bond motifs is 2. The van der Waals surface area contributed by atoms with Crippen LogP contribution in [0.5, 0.6) is 11.5 Å². The number of rotatable bonds is 2. The molecule has 0 amide bonds.